The summed E-state index contributed by atoms with van der Waals surface area (Å²) < 4.78 is 10.5. The van der Waals surface area contributed by atoms with Gasteiger partial charge in [-0.15, -0.1) is 0 Å². The topological polar surface area (TPSA) is 33.7 Å². The van der Waals surface area contributed by atoms with Crippen LogP contribution in [-0.4, -0.2) is 46.6 Å². The van der Waals surface area contributed by atoms with Crippen molar-refractivity contribution in [1.82, 2.24) is 0 Å². The summed E-state index contributed by atoms with van der Waals surface area (Å²) in [6, 6.07) is 8.54. The summed E-state index contributed by atoms with van der Waals surface area (Å²) in [4.78, 5) is 2.45. The second-order valence-electron chi connectivity index (χ2n) is 4.74. The van der Waals surface area contributed by atoms with Crippen LogP contribution < -0.4 is 10.2 Å². The predicted octanol–water partition coefficient (Wildman–Crippen LogP) is 2.36. The Labute approximate surface area is 115 Å². The zero-order valence-corrected chi connectivity index (χ0v) is 11.7. The molecule has 0 radical (unpaired) electrons. The van der Waals surface area contributed by atoms with Gasteiger partial charge in [0.25, 0.3) is 0 Å². The minimum atomic E-state index is 0.677. The molecule has 4 nitrogen and oxygen atoms in total. The van der Waals surface area contributed by atoms with E-state index >= 15 is 0 Å². The molecule has 19 heavy (non-hydrogen) atoms. The zero-order chi connectivity index (χ0) is 13.3. The Morgan fingerprint density at radius 2 is 2.11 bits per heavy atom. The van der Waals surface area contributed by atoms with E-state index in [2.05, 4.69) is 34.5 Å². The largest absolute Gasteiger partial charge is 0.383 e. The molecule has 1 aromatic carbocycles. The number of anilines is 2. The maximum atomic E-state index is 5.52. The maximum Gasteiger partial charge on any atom is 0.0700 e. The predicted molar refractivity (Wildman–Crippen MR) is 79.1 cm³/mol. The Kier molecular flexibility index (Phi) is 5.98. The van der Waals surface area contributed by atoms with E-state index in [4.69, 9.17) is 9.47 Å². The number of ether oxygens (including phenoxy) is 2. The molecule has 0 saturated carbocycles. The first-order chi connectivity index (χ1) is 9.42. The summed E-state index contributed by atoms with van der Waals surface area (Å²) in [5.41, 5.74) is 2.57. The fourth-order valence-corrected chi connectivity index (χ4v) is 2.35. The molecule has 1 N–H and O–H groups in total. The highest BCUT2D eigenvalue weighted by molar-refractivity contribution is 5.70. The van der Waals surface area contributed by atoms with Crippen molar-refractivity contribution in [3.8, 4) is 0 Å². The molecule has 1 aliphatic rings. The lowest BCUT2D eigenvalue weighted by molar-refractivity contribution is 0.0700. The molecule has 0 aliphatic carbocycles. The fraction of sp³-hybridized carbons (Fsp3) is 0.600. The molecule has 1 heterocycles. The van der Waals surface area contributed by atoms with Gasteiger partial charge in [-0.3, -0.25) is 0 Å². The summed E-state index contributed by atoms with van der Waals surface area (Å²) >= 11 is 0. The Balaban J connectivity index is 1.79. The van der Waals surface area contributed by atoms with E-state index in [9.17, 15) is 0 Å². The van der Waals surface area contributed by atoms with Crippen LogP contribution in [0.1, 0.15) is 12.8 Å². The Morgan fingerprint density at radius 3 is 3.00 bits per heavy atom. The van der Waals surface area contributed by atoms with E-state index in [0.717, 1.165) is 32.7 Å². The molecule has 0 fully saturated rings. The fourth-order valence-electron chi connectivity index (χ4n) is 2.35. The van der Waals surface area contributed by atoms with Crippen LogP contribution in [0.5, 0.6) is 0 Å². The van der Waals surface area contributed by atoms with Crippen molar-refractivity contribution in [3.05, 3.63) is 24.3 Å². The average Bonchev–Trinajstić information content (AvgIpc) is 2.65. The van der Waals surface area contributed by atoms with Crippen molar-refractivity contribution in [2.75, 3.05) is 56.8 Å². The van der Waals surface area contributed by atoms with Crippen LogP contribution in [0, 0.1) is 0 Å². The third-order valence-corrected chi connectivity index (χ3v) is 3.31. The van der Waals surface area contributed by atoms with Gasteiger partial charge >= 0.3 is 0 Å². The van der Waals surface area contributed by atoms with E-state index in [-0.39, 0.29) is 0 Å². The van der Waals surface area contributed by atoms with Crippen molar-refractivity contribution in [2.24, 2.45) is 0 Å². The number of fused-ring (bicyclic) bond motifs is 1. The number of nitrogens with zero attached hydrogens (tertiary/aromatic N) is 1. The number of hydrogen-bond donors (Lipinski definition) is 1. The minimum Gasteiger partial charge on any atom is -0.383 e. The second kappa shape index (κ2) is 8.02. The molecule has 0 atom stereocenters. The molecule has 4 heteroatoms. The Bertz CT molecular complexity index is 371. The second-order valence-corrected chi connectivity index (χ2v) is 4.74. The van der Waals surface area contributed by atoms with E-state index in [1.807, 2.05) is 0 Å². The van der Waals surface area contributed by atoms with Crippen LogP contribution in [0.15, 0.2) is 24.3 Å². The van der Waals surface area contributed by atoms with Crippen molar-refractivity contribution in [1.29, 1.82) is 0 Å². The third-order valence-electron chi connectivity index (χ3n) is 3.31. The van der Waals surface area contributed by atoms with Gasteiger partial charge in [0.1, 0.15) is 0 Å². The first-order valence-electron chi connectivity index (χ1n) is 7.06. The molecule has 1 aliphatic heterocycles. The van der Waals surface area contributed by atoms with E-state index in [1.54, 1.807) is 7.11 Å². The lowest BCUT2D eigenvalue weighted by atomic mass is 10.2. The van der Waals surface area contributed by atoms with E-state index < -0.39 is 0 Å². The summed E-state index contributed by atoms with van der Waals surface area (Å²) in [6.07, 6.45) is 2.23. The van der Waals surface area contributed by atoms with E-state index in [0.29, 0.717) is 13.2 Å². The molecule has 0 unspecified atom stereocenters. The van der Waals surface area contributed by atoms with Crippen LogP contribution in [0.4, 0.5) is 11.4 Å². The smallest absolute Gasteiger partial charge is 0.0700 e. The highest BCUT2D eigenvalue weighted by atomic mass is 16.5. The summed E-state index contributed by atoms with van der Waals surface area (Å²) in [5, 5.41) is 3.48. The number of benzene rings is 1. The van der Waals surface area contributed by atoms with Crippen LogP contribution in [-0.2, 0) is 9.47 Å². The average molecular weight is 264 g/mol. The number of hydrogen-bond acceptors (Lipinski definition) is 4. The van der Waals surface area contributed by atoms with E-state index in [1.165, 1.54) is 17.8 Å². The van der Waals surface area contributed by atoms with Gasteiger partial charge < -0.3 is 19.7 Å². The van der Waals surface area contributed by atoms with Gasteiger partial charge in [-0.05, 0) is 25.0 Å². The van der Waals surface area contributed by atoms with Gasteiger partial charge in [-0.1, -0.05) is 12.1 Å². The summed E-state index contributed by atoms with van der Waals surface area (Å²) in [6.45, 7) is 5.38. The Hall–Kier alpha value is -1.26. The monoisotopic (exact) mass is 264 g/mol. The Morgan fingerprint density at radius 1 is 1.21 bits per heavy atom. The standard InChI is InChI=1S/C15H24N2O2/c1-18-12-13-19-11-5-10-17-9-4-8-16-14-6-2-3-7-15(14)17/h2-3,6-7,16H,4-5,8-13H2,1H3. The van der Waals surface area contributed by atoms with Crippen molar-refractivity contribution in [2.45, 2.75) is 12.8 Å². The van der Waals surface area contributed by atoms with Gasteiger partial charge in [0.15, 0.2) is 0 Å². The molecule has 0 aromatic heterocycles. The van der Waals surface area contributed by atoms with Crippen LogP contribution in [0.3, 0.4) is 0 Å². The SMILES string of the molecule is COCCOCCCN1CCCNc2ccccc21. The van der Waals surface area contributed by atoms with Gasteiger partial charge in [0.05, 0.1) is 24.6 Å². The number of rotatable bonds is 7. The lowest BCUT2D eigenvalue weighted by Gasteiger charge is -2.24. The summed E-state index contributed by atoms with van der Waals surface area (Å²) in [7, 11) is 1.70. The van der Waals surface area contributed by atoms with Gasteiger partial charge in [0.2, 0.25) is 0 Å². The van der Waals surface area contributed by atoms with Gasteiger partial charge in [-0.25, -0.2) is 0 Å². The first kappa shape index (κ1) is 14.2. The quantitative estimate of drug-likeness (QED) is 0.767. The molecule has 2 rings (SSSR count). The summed E-state index contributed by atoms with van der Waals surface area (Å²) in [5.74, 6) is 0. The molecule has 1 aromatic rings. The van der Waals surface area contributed by atoms with Crippen LogP contribution in [0.2, 0.25) is 0 Å². The molecule has 0 saturated heterocycles. The van der Waals surface area contributed by atoms with Crippen molar-refractivity contribution < 1.29 is 9.47 Å². The highest BCUT2D eigenvalue weighted by Gasteiger charge is 2.13. The number of nitrogens with one attached hydrogen (secondary N) is 1. The van der Waals surface area contributed by atoms with Crippen molar-refractivity contribution in [3.63, 3.8) is 0 Å². The third kappa shape index (κ3) is 4.40. The molecule has 0 spiro atoms. The molecular weight excluding hydrogens is 240 g/mol. The molecule has 0 bridgehead atoms. The van der Waals surface area contributed by atoms with Crippen molar-refractivity contribution >= 4 is 11.4 Å². The zero-order valence-electron chi connectivity index (χ0n) is 11.7. The molecule has 106 valence electrons. The van der Waals surface area contributed by atoms with Gasteiger partial charge in [0, 0.05) is 33.4 Å². The van der Waals surface area contributed by atoms with Gasteiger partial charge in [-0.2, -0.15) is 0 Å². The first-order valence-corrected chi connectivity index (χ1v) is 7.06. The number of methoxy groups -OCH3 is 1. The number of para-hydroxylation sites is 2. The van der Waals surface area contributed by atoms with Crippen LogP contribution in [0.25, 0.3) is 0 Å². The maximum absolute atomic E-state index is 5.52. The van der Waals surface area contributed by atoms with Crippen LogP contribution >= 0.6 is 0 Å². The molecule has 0 amide bonds. The minimum absolute atomic E-state index is 0.677. The molecular formula is C15H24N2O2. The highest BCUT2D eigenvalue weighted by Crippen LogP contribution is 2.27. The lowest BCUT2D eigenvalue weighted by Crippen LogP contribution is -2.26. The normalized spacial score (nSPS) is 14.7.